The van der Waals surface area contributed by atoms with Gasteiger partial charge in [0, 0.05) is 6.20 Å². The van der Waals surface area contributed by atoms with Gasteiger partial charge in [-0.2, -0.15) is 8.42 Å². The van der Waals surface area contributed by atoms with Crippen molar-refractivity contribution in [1.82, 2.24) is 4.98 Å². The molecule has 0 unspecified atom stereocenters. The number of hydrogen-bond donors (Lipinski definition) is 1. The maximum Gasteiger partial charge on any atom is 0.349 e. The average molecular weight is 205 g/mol. The second-order valence-corrected chi connectivity index (χ2v) is 3.42. The van der Waals surface area contributed by atoms with Crippen LogP contribution in [0, 0.1) is 0 Å². The molecule has 0 bridgehead atoms. The maximum absolute atomic E-state index is 12.3. The molecule has 1 rings (SSSR count). The Hall–Kier alpha value is -1.50. The van der Waals surface area contributed by atoms with Crippen LogP contribution in [0.1, 0.15) is 10.4 Å². The predicted octanol–water partition coefficient (Wildman–Crippen LogP) is 0.438. The van der Waals surface area contributed by atoms with Crippen molar-refractivity contribution < 1.29 is 22.2 Å². The fraction of sp³-hybridized carbons (Fsp3) is 0. The second kappa shape index (κ2) is 3.09. The molecule has 7 heteroatoms. The third-order valence-electron chi connectivity index (χ3n) is 1.23. The van der Waals surface area contributed by atoms with E-state index in [-0.39, 0.29) is 5.56 Å². The Balaban J connectivity index is 3.29. The fourth-order valence-corrected chi connectivity index (χ4v) is 1.13. The fourth-order valence-electron chi connectivity index (χ4n) is 0.676. The lowest BCUT2D eigenvalue weighted by Crippen LogP contribution is -2.01. The number of carbonyl (C=O) groups is 1. The lowest BCUT2D eigenvalue weighted by atomic mass is 10.3. The molecule has 1 aromatic heterocycles. The minimum absolute atomic E-state index is 0.328. The average Bonchev–Trinajstić information content (AvgIpc) is 2.03. The molecule has 70 valence electrons. The first-order valence-corrected chi connectivity index (χ1v) is 4.43. The molecule has 0 radical (unpaired) electrons. The van der Waals surface area contributed by atoms with Crippen molar-refractivity contribution in [1.29, 1.82) is 0 Å². The van der Waals surface area contributed by atoms with Crippen LogP contribution in [0.3, 0.4) is 0 Å². The van der Waals surface area contributed by atoms with Gasteiger partial charge in [-0.05, 0) is 12.1 Å². The molecule has 0 saturated heterocycles. The van der Waals surface area contributed by atoms with Crippen molar-refractivity contribution in [2.75, 3.05) is 0 Å². The molecular weight excluding hydrogens is 201 g/mol. The number of pyridine rings is 1. The zero-order valence-electron chi connectivity index (χ0n) is 6.14. The molecule has 1 N–H and O–H groups in total. The number of aromatic carboxylic acids is 1. The molecule has 0 aliphatic heterocycles. The lowest BCUT2D eigenvalue weighted by molar-refractivity contribution is 0.0696. The highest BCUT2D eigenvalue weighted by Gasteiger charge is 2.15. The highest BCUT2D eigenvalue weighted by molar-refractivity contribution is 7.86. The maximum atomic E-state index is 12.3. The molecule has 1 aromatic rings. The predicted molar refractivity (Wildman–Crippen MR) is 39.5 cm³/mol. The van der Waals surface area contributed by atoms with Crippen LogP contribution in [-0.4, -0.2) is 24.5 Å². The normalized spacial score (nSPS) is 11.2. The first kappa shape index (κ1) is 9.59. The molecule has 0 aliphatic carbocycles. The molecule has 0 atom stereocenters. The van der Waals surface area contributed by atoms with Crippen LogP contribution < -0.4 is 0 Å². The van der Waals surface area contributed by atoms with Gasteiger partial charge in [0.15, 0.2) is 5.03 Å². The van der Waals surface area contributed by atoms with Crippen LogP contribution in [0.2, 0.25) is 0 Å². The third kappa shape index (κ3) is 2.22. The number of hydrogen-bond acceptors (Lipinski definition) is 4. The summed E-state index contributed by atoms with van der Waals surface area (Å²) in [5, 5.41) is 7.53. The van der Waals surface area contributed by atoms with Crippen molar-refractivity contribution in [2.45, 2.75) is 5.03 Å². The molecule has 0 spiro atoms. The zero-order chi connectivity index (χ0) is 10.1. The molecular formula is C6H4FNO4S. The molecule has 0 aromatic carbocycles. The Morgan fingerprint density at radius 3 is 2.62 bits per heavy atom. The van der Waals surface area contributed by atoms with Crippen LogP contribution in [0.25, 0.3) is 0 Å². The van der Waals surface area contributed by atoms with Crippen molar-refractivity contribution in [3.05, 3.63) is 23.9 Å². The van der Waals surface area contributed by atoms with E-state index in [0.29, 0.717) is 6.07 Å². The van der Waals surface area contributed by atoms with E-state index in [2.05, 4.69) is 4.98 Å². The van der Waals surface area contributed by atoms with E-state index in [0.717, 1.165) is 12.3 Å². The Morgan fingerprint density at radius 1 is 1.54 bits per heavy atom. The summed E-state index contributed by atoms with van der Waals surface area (Å²) in [7, 11) is -4.93. The van der Waals surface area contributed by atoms with E-state index in [9.17, 15) is 17.1 Å². The summed E-state index contributed by atoms with van der Waals surface area (Å²) >= 11 is 0. The van der Waals surface area contributed by atoms with Gasteiger partial charge in [0.2, 0.25) is 0 Å². The largest absolute Gasteiger partial charge is 0.478 e. The van der Waals surface area contributed by atoms with E-state index < -0.39 is 21.2 Å². The standard InChI is InChI=1S/C6H4FNO4S/c7-13(11,12)5-3-4(6(9)10)1-2-8-5/h1-3H,(H,9,10). The Bertz CT molecular complexity index is 442. The molecule has 0 aliphatic rings. The minimum atomic E-state index is -4.93. The summed E-state index contributed by atoms with van der Waals surface area (Å²) in [6, 6.07) is 1.72. The molecule has 13 heavy (non-hydrogen) atoms. The van der Waals surface area contributed by atoms with Crippen LogP contribution in [0.4, 0.5) is 3.89 Å². The number of carboxylic acids is 1. The van der Waals surface area contributed by atoms with Gasteiger partial charge in [-0.15, -0.1) is 0 Å². The monoisotopic (exact) mass is 205 g/mol. The third-order valence-corrected chi connectivity index (χ3v) is 1.95. The van der Waals surface area contributed by atoms with Gasteiger partial charge < -0.3 is 5.11 Å². The van der Waals surface area contributed by atoms with Gasteiger partial charge in [-0.25, -0.2) is 9.78 Å². The molecule has 5 nitrogen and oxygen atoms in total. The minimum Gasteiger partial charge on any atom is -0.478 e. The molecule has 0 saturated carbocycles. The summed E-state index contributed by atoms with van der Waals surface area (Å²) in [5.41, 5.74) is -0.328. The van der Waals surface area contributed by atoms with Crippen molar-refractivity contribution in [3.8, 4) is 0 Å². The molecule has 1 heterocycles. The van der Waals surface area contributed by atoms with Crippen molar-refractivity contribution >= 4 is 16.2 Å². The molecule has 0 amide bonds. The quantitative estimate of drug-likeness (QED) is 0.708. The van der Waals surface area contributed by atoms with Crippen LogP contribution >= 0.6 is 0 Å². The van der Waals surface area contributed by atoms with Crippen molar-refractivity contribution in [2.24, 2.45) is 0 Å². The van der Waals surface area contributed by atoms with Gasteiger partial charge in [-0.3, -0.25) is 0 Å². The van der Waals surface area contributed by atoms with Crippen LogP contribution in [-0.2, 0) is 10.2 Å². The second-order valence-electron chi connectivity index (χ2n) is 2.13. The van der Waals surface area contributed by atoms with E-state index >= 15 is 0 Å². The van der Waals surface area contributed by atoms with E-state index in [1.165, 1.54) is 0 Å². The SMILES string of the molecule is O=C(O)c1ccnc(S(=O)(=O)F)c1. The van der Waals surface area contributed by atoms with E-state index in [1.54, 1.807) is 0 Å². The van der Waals surface area contributed by atoms with Gasteiger partial charge in [0.1, 0.15) is 0 Å². The topological polar surface area (TPSA) is 84.3 Å². The number of nitrogens with zero attached hydrogens (tertiary/aromatic N) is 1. The lowest BCUT2D eigenvalue weighted by Gasteiger charge is -1.95. The Kier molecular flexibility index (Phi) is 2.28. The van der Waals surface area contributed by atoms with Gasteiger partial charge >= 0.3 is 16.2 Å². The first-order valence-electron chi connectivity index (χ1n) is 3.05. The zero-order valence-corrected chi connectivity index (χ0v) is 6.95. The summed E-state index contributed by atoms with van der Waals surface area (Å²) < 4.78 is 32.9. The number of halogens is 1. The van der Waals surface area contributed by atoms with E-state index in [4.69, 9.17) is 5.11 Å². The Labute approximate surface area is 73.1 Å². The number of rotatable bonds is 2. The number of aromatic nitrogens is 1. The van der Waals surface area contributed by atoms with E-state index in [1.807, 2.05) is 0 Å². The van der Waals surface area contributed by atoms with Gasteiger partial charge in [0.05, 0.1) is 5.56 Å². The summed E-state index contributed by atoms with van der Waals surface area (Å²) in [4.78, 5) is 13.5. The highest BCUT2D eigenvalue weighted by Crippen LogP contribution is 2.10. The molecule has 0 fully saturated rings. The number of carboxylic acid groups (broad SMARTS) is 1. The van der Waals surface area contributed by atoms with Gasteiger partial charge in [0.25, 0.3) is 0 Å². The Morgan fingerprint density at radius 2 is 2.15 bits per heavy atom. The smallest absolute Gasteiger partial charge is 0.349 e. The summed E-state index contributed by atoms with van der Waals surface area (Å²) in [5.74, 6) is -1.34. The summed E-state index contributed by atoms with van der Waals surface area (Å²) in [6.07, 6.45) is 0.913. The van der Waals surface area contributed by atoms with Crippen molar-refractivity contribution in [3.63, 3.8) is 0 Å². The summed E-state index contributed by atoms with van der Waals surface area (Å²) in [6.45, 7) is 0. The first-order chi connectivity index (χ1) is 5.91. The van der Waals surface area contributed by atoms with Gasteiger partial charge in [-0.1, -0.05) is 3.89 Å². The van der Waals surface area contributed by atoms with Crippen LogP contribution in [0.15, 0.2) is 23.4 Å². The van der Waals surface area contributed by atoms with Crippen LogP contribution in [0.5, 0.6) is 0 Å². The highest BCUT2D eigenvalue weighted by atomic mass is 32.3.